The number of hydrogen-bond acceptors (Lipinski definition) is 3. The predicted octanol–water partition coefficient (Wildman–Crippen LogP) is 3.29. The van der Waals surface area contributed by atoms with Crippen LogP contribution in [-0.4, -0.2) is 29.7 Å². The molecule has 1 heterocycles. The van der Waals surface area contributed by atoms with Crippen LogP contribution in [0.15, 0.2) is 66.5 Å². The molecule has 0 unspecified atom stereocenters. The zero-order valence-corrected chi connectivity index (χ0v) is 13.0. The maximum absolute atomic E-state index is 12.9. The summed E-state index contributed by atoms with van der Waals surface area (Å²) in [7, 11) is 3.89. The van der Waals surface area contributed by atoms with Crippen LogP contribution in [0.2, 0.25) is 0 Å². The molecule has 0 N–H and O–H groups in total. The summed E-state index contributed by atoms with van der Waals surface area (Å²) in [5.74, 6) is 0.0714. The third-order valence-electron chi connectivity index (χ3n) is 3.83. The van der Waals surface area contributed by atoms with Crippen LogP contribution in [0.25, 0.3) is 0 Å². The maximum atomic E-state index is 12.9. The molecule has 112 valence electrons. The molecular formula is C19H20N2O. The lowest BCUT2D eigenvalue weighted by Gasteiger charge is -2.22. The molecular weight excluding hydrogens is 272 g/mol. The Labute approximate surface area is 131 Å². The van der Waals surface area contributed by atoms with E-state index in [1.807, 2.05) is 55.5 Å². The number of carbonyl (C=O) groups is 1. The smallest absolute Gasteiger partial charge is 0.210 e. The van der Waals surface area contributed by atoms with Crippen molar-refractivity contribution in [2.75, 3.05) is 14.1 Å². The number of fused-ring (bicyclic) bond motifs is 1. The number of hydrogen-bond donors (Lipinski definition) is 0. The van der Waals surface area contributed by atoms with Crippen molar-refractivity contribution in [1.82, 2.24) is 9.80 Å². The van der Waals surface area contributed by atoms with Gasteiger partial charge in [0.1, 0.15) is 5.70 Å². The molecule has 0 radical (unpaired) electrons. The minimum Gasteiger partial charge on any atom is -0.382 e. The average Bonchev–Trinajstić information content (AvgIpc) is 2.96. The van der Waals surface area contributed by atoms with Gasteiger partial charge in [0.15, 0.2) is 0 Å². The highest BCUT2D eigenvalue weighted by Gasteiger charge is 2.25. The van der Waals surface area contributed by atoms with Crippen LogP contribution in [0.4, 0.5) is 0 Å². The van der Waals surface area contributed by atoms with E-state index >= 15 is 0 Å². The van der Waals surface area contributed by atoms with Crippen molar-refractivity contribution in [2.24, 2.45) is 0 Å². The van der Waals surface area contributed by atoms with Gasteiger partial charge in [0.25, 0.3) is 0 Å². The van der Waals surface area contributed by atoms with Crippen LogP contribution < -0.4 is 0 Å². The molecule has 0 saturated carbocycles. The Morgan fingerprint density at radius 1 is 0.955 bits per heavy atom. The van der Waals surface area contributed by atoms with Gasteiger partial charge in [-0.2, -0.15) is 0 Å². The molecule has 3 rings (SSSR count). The van der Waals surface area contributed by atoms with E-state index in [0.29, 0.717) is 0 Å². The molecule has 22 heavy (non-hydrogen) atoms. The molecule has 0 atom stereocenters. The van der Waals surface area contributed by atoms with E-state index in [1.165, 1.54) is 11.1 Å². The normalized spacial score (nSPS) is 13.9. The molecule has 1 aliphatic rings. The number of ketones is 1. The highest BCUT2D eigenvalue weighted by Crippen LogP contribution is 2.27. The van der Waals surface area contributed by atoms with Gasteiger partial charge in [-0.05, 0) is 11.1 Å². The molecule has 0 spiro atoms. The number of carbonyl (C=O) groups excluding carboxylic acids is 1. The van der Waals surface area contributed by atoms with Crippen molar-refractivity contribution in [3.05, 3.63) is 83.2 Å². The summed E-state index contributed by atoms with van der Waals surface area (Å²) < 4.78 is 0. The van der Waals surface area contributed by atoms with E-state index in [4.69, 9.17) is 0 Å². The second kappa shape index (κ2) is 6.06. The van der Waals surface area contributed by atoms with Crippen LogP contribution in [0, 0.1) is 0 Å². The SMILES string of the molecule is CN(C)/C=C(\C(=O)c1ccccc1)N1Cc2ccccc2C1. The van der Waals surface area contributed by atoms with Crippen molar-refractivity contribution in [3.8, 4) is 0 Å². The van der Waals surface area contributed by atoms with Crippen molar-refractivity contribution < 1.29 is 4.79 Å². The Balaban J connectivity index is 1.91. The van der Waals surface area contributed by atoms with Gasteiger partial charge < -0.3 is 9.80 Å². The van der Waals surface area contributed by atoms with Gasteiger partial charge in [-0.25, -0.2) is 0 Å². The first-order valence-electron chi connectivity index (χ1n) is 7.45. The van der Waals surface area contributed by atoms with Gasteiger partial charge in [0, 0.05) is 38.9 Å². The second-order valence-corrected chi connectivity index (χ2v) is 5.80. The Kier molecular flexibility index (Phi) is 3.96. The monoisotopic (exact) mass is 292 g/mol. The van der Waals surface area contributed by atoms with Gasteiger partial charge in [-0.3, -0.25) is 4.79 Å². The van der Waals surface area contributed by atoms with Gasteiger partial charge in [-0.1, -0.05) is 54.6 Å². The molecule has 0 bridgehead atoms. The highest BCUT2D eigenvalue weighted by molar-refractivity contribution is 6.08. The van der Waals surface area contributed by atoms with Gasteiger partial charge in [0.05, 0.1) is 0 Å². The molecule has 3 nitrogen and oxygen atoms in total. The van der Waals surface area contributed by atoms with Crippen LogP contribution in [0.3, 0.4) is 0 Å². The van der Waals surface area contributed by atoms with E-state index in [0.717, 1.165) is 24.4 Å². The summed E-state index contributed by atoms with van der Waals surface area (Å²) in [6.07, 6.45) is 1.92. The van der Waals surface area contributed by atoms with E-state index in [-0.39, 0.29) is 5.78 Å². The quantitative estimate of drug-likeness (QED) is 0.638. The minimum atomic E-state index is 0.0714. The van der Waals surface area contributed by atoms with E-state index < -0.39 is 0 Å². The first-order chi connectivity index (χ1) is 10.6. The molecule has 3 heteroatoms. The maximum Gasteiger partial charge on any atom is 0.210 e. The third kappa shape index (κ3) is 2.89. The lowest BCUT2D eigenvalue weighted by Crippen LogP contribution is -2.25. The lowest BCUT2D eigenvalue weighted by molar-refractivity contribution is 0.0986. The van der Waals surface area contributed by atoms with Crippen LogP contribution in [0.5, 0.6) is 0 Å². The molecule has 0 aliphatic carbocycles. The van der Waals surface area contributed by atoms with E-state index in [2.05, 4.69) is 29.2 Å². The van der Waals surface area contributed by atoms with Gasteiger partial charge in [-0.15, -0.1) is 0 Å². The summed E-state index contributed by atoms with van der Waals surface area (Å²) in [6, 6.07) is 17.8. The zero-order valence-electron chi connectivity index (χ0n) is 13.0. The number of Topliss-reactive ketones (excluding diaryl/α,β-unsaturated/α-hetero) is 1. The van der Waals surface area contributed by atoms with Crippen molar-refractivity contribution in [3.63, 3.8) is 0 Å². The summed E-state index contributed by atoms with van der Waals surface area (Å²) in [6.45, 7) is 1.57. The Morgan fingerprint density at radius 2 is 1.50 bits per heavy atom. The molecule has 0 aromatic heterocycles. The summed E-state index contributed by atoms with van der Waals surface area (Å²) >= 11 is 0. The molecule has 1 aliphatic heterocycles. The van der Waals surface area contributed by atoms with Crippen molar-refractivity contribution >= 4 is 5.78 Å². The number of allylic oxidation sites excluding steroid dienone is 1. The minimum absolute atomic E-state index is 0.0714. The lowest BCUT2D eigenvalue weighted by atomic mass is 10.1. The number of nitrogens with zero attached hydrogens (tertiary/aromatic N) is 2. The van der Waals surface area contributed by atoms with Gasteiger partial charge in [0.2, 0.25) is 5.78 Å². The molecule has 0 saturated heterocycles. The molecule has 0 amide bonds. The Hall–Kier alpha value is -2.55. The fraction of sp³-hybridized carbons (Fsp3) is 0.211. The number of benzene rings is 2. The first-order valence-corrected chi connectivity index (χ1v) is 7.45. The summed E-state index contributed by atoms with van der Waals surface area (Å²) in [4.78, 5) is 17.0. The number of rotatable bonds is 4. The topological polar surface area (TPSA) is 23.6 Å². The fourth-order valence-electron chi connectivity index (χ4n) is 2.77. The second-order valence-electron chi connectivity index (χ2n) is 5.80. The first kappa shape index (κ1) is 14.4. The largest absolute Gasteiger partial charge is 0.382 e. The summed E-state index contributed by atoms with van der Waals surface area (Å²) in [5.41, 5.74) is 4.07. The predicted molar refractivity (Wildman–Crippen MR) is 88.2 cm³/mol. The zero-order chi connectivity index (χ0) is 15.5. The van der Waals surface area contributed by atoms with E-state index in [9.17, 15) is 4.79 Å². The standard InChI is InChI=1S/C19H20N2O/c1-20(2)14-18(19(22)15-8-4-3-5-9-15)21-12-16-10-6-7-11-17(16)13-21/h3-11,14H,12-13H2,1-2H3/b18-14+. The average molecular weight is 292 g/mol. The van der Waals surface area contributed by atoms with Crippen molar-refractivity contribution in [1.29, 1.82) is 0 Å². The Bertz CT molecular complexity index is 679. The molecule has 2 aromatic carbocycles. The van der Waals surface area contributed by atoms with E-state index in [1.54, 1.807) is 0 Å². The van der Waals surface area contributed by atoms with Crippen LogP contribution >= 0.6 is 0 Å². The van der Waals surface area contributed by atoms with Gasteiger partial charge >= 0.3 is 0 Å². The van der Waals surface area contributed by atoms with Crippen LogP contribution in [0.1, 0.15) is 21.5 Å². The Morgan fingerprint density at radius 3 is 2.05 bits per heavy atom. The molecule has 0 fully saturated rings. The fourth-order valence-corrected chi connectivity index (χ4v) is 2.77. The molecule has 2 aromatic rings. The van der Waals surface area contributed by atoms with Crippen LogP contribution in [-0.2, 0) is 13.1 Å². The summed E-state index contributed by atoms with van der Waals surface area (Å²) in [5, 5.41) is 0. The van der Waals surface area contributed by atoms with Crippen molar-refractivity contribution in [2.45, 2.75) is 13.1 Å². The highest BCUT2D eigenvalue weighted by atomic mass is 16.1. The third-order valence-corrected chi connectivity index (χ3v) is 3.83.